The van der Waals surface area contributed by atoms with Crippen molar-refractivity contribution in [3.63, 3.8) is 0 Å². The minimum Gasteiger partial charge on any atom is -0.339 e. The van der Waals surface area contributed by atoms with Gasteiger partial charge in [-0.05, 0) is 56.2 Å². The summed E-state index contributed by atoms with van der Waals surface area (Å²) in [7, 11) is 0. The molecular formula is C19H24N2O2S. The molecule has 0 saturated carbocycles. The minimum absolute atomic E-state index is 0.0467. The highest BCUT2D eigenvalue weighted by molar-refractivity contribution is 7.14. The fourth-order valence-corrected chi connectivity index (χ4v) is 3.25. The maximum absolute atomic E-state index is 12.5. The molecular weight excluding hydrogens is 320 g/mol. The Hall–Kier alpha value is -2.14. The number of carbonyl (C=O) groups is 2. The lowest BCUT2D eigenvalue weighted by molar-refractivity contribution is 0.0755. The molecule has 0 spiro atoms. The molecule has 1 aromatic carbocycles. The molecule has 0 saturated heterocycles. The van der Waals surface area contributed by atoms with Gasteiger partial charge in [0.15, 0.2) is 0 Å². The van der Waals surface area contributed by atoms with Crippen molar-refractivity contribution in [3.8, 4) is 0 Å². The van der Waals surface area contributed by atoms with Gasteiger partial charge in [0.2, 0.25) is 0 Å². The summed E-state index contributed by atoms with van der Waals surface area (Å²) < 4.78 is 0. The number of thiophene rings is 1. The van der Waals surface area contributed by atoms with Gasteiger partial charge in [0.25, 0.3) is 11.8 Å². The van der Waals surface area contributed by atoms with Crippen molar-refractivity contribution in [3.05, 3.63) is 51.7 Å². The normalized spacial score (nSPS) is 10.5. The highest BCUT2D eigenvalue weighted by Crippen LogP contribution is 2.18. The molecule has 2 amide bonds. The van der Waals surface area contributed by atoms with Crippen molar-refractivity contribution in [2.45, 2.75) is 33.6 Å². The second kappa shape index (κ2) is 8.64. The van der Waals surface area contributed by atoms with Crippen LogP contribution in [0.3, 0.4) is 0 Å². The van der Waals surface area contributed by atoms with Crippen LogP contribution in [0.15, 0.2) is 36.4 Å². The van der Waals surface area contributed by atoms with Gasteiger partial charge in [-0.25, -0.2) is 0 Å². The quantitative estimate of drug-likeness (QED) is 0.800. The number of benzene rings is 1. The number of hydrogen-bond donors (Lipinski definition) is 1. The molecule has 128 valence electrons. The molecule has 2 aromatic rings. The van der Waals surface area contributed by atoms with Gasteiger partial charge in [-0.15, -0.1) is 11.3 Å². The lowest BCUT2D eigenvalue weighted by Crippen LogP contribution is -2.32. The van der Waals surface area contributed by atoms with E-state index in [0.29, 0.717) is 16.1 Å². The van der Waals surface area contributed by atoms with Crippen molar-refractivity contribution in [1.82, 2.24) is 4.90 Å². The van der Waals surface area contributed by atoms with Crippen molar-refractivity contribution in [2.75, 3.05) is 18.4 Å². The number of hydrogen-bond acceptors (Lipinski definition) is 3. The smallest absolute Gasteiger partial charge is 0.265 e. The zero-order valence-corrected chi connectivity index (χ0v) is 15.3. The molecule has 1 heterocycles. The van der Waals surface area contributed by atoms with Gasteiger partial charge < -0.3 is 10.2 Å². The predicted octanol–water partition coefficient (Wildman–Crippen LogP) is 4.57. The highest BCUT2D eigenvalue weighted by atomic mass is 32.1. The number of amides is 2. The van der Waals surface area contributed by atoms with Gasteiger partial charge in [0.1, 0.15) is 0 Å². The van der Waals surface area contributed by atoms with Crippen molar-refractivity contribution in [1.29, 1.82) is 0 Å². The SMILES string of the molecule is CCCN(CCC)C(=O)c1ccc(NC(=O)c2ccc(C)s2)cc1. The maximum atomic E-state index is 12.5. The molecule has 0 bridgehead atoms. The van der Waals surface area contributed by atoms with Crippen LogP contribution in [0.2, 0.25) is 0 Å². The number of rotatable bonds is 7. The predicted molar refractivity (Wildman–Crippen MR) is 99.9 cm³/mol. The summed E-state index contributed by atoms with van der Waals surface area (Å²) in [5.74, 6) is -0.0729. The largest absolute Gasteiger partial charge is 0.339 e. The molecule has 0 atom stereocenters. The van der Waals surface area contributed by atoms with E-state index >= 15 is 0 Å². The molecule has 2 rings (SSSR count). The van der Waals surface area contributed by atoms with Crippen LogP contribution in [-0.4, -0.2) is 29.8 Å². The fraction of sp³-hybridized carbons (Fsp3) is 0.368. The van der Waals surface area contributed by atoms with E-state index in [-0.39, 0.29) is 11.8 Å². The van der Waals surface area contributed by atoms with Gasteiger partial charge in [0.05, 0.1) is 4.88 Å². The number of nitrogens with one attached hydrogen (secondary N) is 1. The van der Waals surface area contributed by atoms with E-state index in [2.05, 4.69) is 19.2 Å². The van der Waals surface area contributed by atoms with E-state index in [1.807, 2.05) is 24.0 Å². The molecule has 0 unspecified atom stereocenters. The summed E-state index contributed by atoms with van der Waals surface area (Å²) in [6.45, 7) is 7.65. The van der Waals surface area contributed by atoms with Crippen LogP contribution < -0.4 is 5.32 Å². The zero-order valence-electron chi connectivity index (χ0n) is 14.5. The lowest BCUT2D eigenvalue weighted by atomic mass is 10.1. The van der Waals surface area contributed by atoms with Crippen LogP contribution in [-0.2, 0) is 0 Å². The average molecular weight is 344 g/mol. The Morgan fingerprint density at radius 2 is 1.62 bits per heavy atom. The molecule has 0 aliphatic carbocycles. The van der Waals surface area contributed by atoms with Crippen LogP contribution in [0.1, 0.15) is 51.6 Å². The lowest BCUT2D eigenvalue weighted by Gasteiger charge is -2.21. The molecule has 24 heavy (non-hydrogen) atoms. The molecule has 5 heteroatoms. The summed E-state index contributed by atoms with van der Waals surface area (Å²) in [6, 6.07) is 10.9. The Bertz CT molecular complexity index is 686. The third-order valence-electron chi connectivity index (χ3n) is 3.63. The molecule has 0 fully saturated rings. The standard InChI is InChI=1S/C19H24N2O2S/c1-4-12-21(13-5-2)19(23)15-7-9-16(10-8-15)20-18(22)17-11-6-14(3)24-17/h6-11H,4-5,12-13H2,1-3H3,(H,20,22). The van der Waals surface area contributed by atoms with Gasteiger partial charge in [-0.2, -0.15) is 0 Å². The van der Waals surface area contributed by atoms with Crippen LogP contribution in [0.25, 0.3) is 0 Å². The van der Waals surface area contributed by atoms with Gasteiger partial charge in [-0.1, -0.05) is 13.8 Å². The first-order chi connectivity index (χ1) is 11.5. The van der Waals surface area contributed by atoms with E-state index in [4.69, 9.17) is 0 Å². The Balaban J connectivity index is 2.04. The third kappa shape index (κ3) is 4.68. The van der Waals surface area contributed by atoms with E-state index in [1.54, 1.807) is 24.3 Å². The Morgan fingerprint density at radius 3 is 2.12 bits per heavy atom. The van der Waals surface area contributed by atoms with Crippen LogP contribution in [0.4, 0.5) is 5.69 Å². The second-order valence-corrected chi connectivity index (χ2v) is 7.02. The van der Waals surface area contributed by atoms with Gasteiger partial charge in [0, 0.05) is 29.2 Å². The van der Waals surface area contributed by atoms with E-state index < -0.39 is 0 Å². The summed E-state index contributed by atoms with van der Waals surface area (Å²) in [5, 5.41) is 2.86. The number of carbonyl (C=O) groups excluding carboxylic acids is 2. The fourth-order valence-electron chi connectivity index (χ4n) is 2.48. The van der Waals surface area contributed by atoms with E-state index in [0.717, 1.165) is 30.8 Å². The number of anilines is 1. The van der Waals surface area contributed by atoms with Gasteiger partial charge in [-0.3, -0.25) is 9.59 Å². The summed E-state index contributed by atoms with van der Waals surface area (Å²) >= 11 is 1.47. The highest BCUT2D eigenvalue weighted by Gasteiger charge is 2.14. The van der Waals surface area contributed by atoms with E-state index in [9.17, 15) is 9.59 Å². The minimum atomic E-state index is -0.120. The Morgan fingerprint density at radius 1 is 1.00 bits per heavy atom. The first kappa shape index (κ1) is 18.2. The van der Waals surface area contributed by atoms with Crippen LogP contribution in [0, 0.1) is 6.92 Å². The zero-order chi connectivity index (χ0) is 17.5. The number of aryl methyl sites for hydroxylation is 1. The molecule has 0 aliphatic heterocycles. The first-order valence-electron chi connectivity index (χ1n) is 8.32. The van der Waals surface area contributed by atoms with Crippen molar-refractivity contribution >= 4 is 28.8 Å². The van der Waals surface area contributed by atoms with Crippen molar-refractivity contribution < 1.29 is 9.59 Å². The molecule has 4 nitrogen and oxygen atoms in total. The van der Waals surface area contributed by atoms with Crippen LogP contribution in [0.5, 0.6) is 0 Å². The Kier molecular flexibility index (Phi) is 6.55. The number of nitrogens with zero attached hydrogens (tertiary/aromatic N) is 1. The first-order valence-corrected chi connectivity index (χ1v) is 9.14. The average Bonchev–Trinajstić information content (AvgIpc) is 3.01. The topological polar surface area (TPSA) is 49.4 Å². The van der Waals surface area contributed by atoms with Gasteiger partial charge >= 0.3 is 0 Å². The monoisotopic (exact) mass is 344 g/mol. The molecule has 1 N–H and O–H groups in total. The van der Waals surface area contributed by atoms with Crippen LogP contribution >= 0.6 is 11.3 Å². The summed E-state index contributed by atoms with van der Waals surface area (Å²) in [5.41, 5.74) is 1.35. The summed E-state index contributed by atoms with van der Waals surface area (Å²) in [4.78, 5) is 28.3. The molecule has 0 aliphatic rings. The third-order valence-corrected chi connectivity index (χ3v) is 4.63. The van der Waals surface area contributed by atoms with Crippen molar-refractivity contribution in [2.24, 2.45) is 0 Å². The maximum Gasteiger partial charge on any atom is 0.265 e. The second-order valence-electron chi connectivity index (χ2n) is 5.73. The summed E-state index contributed by atoms with van der Waals surface area (Å²) in [6.07, 6.45) is 1.89. The molecule has 0 radical (unpaired) electrons. The van der Waals surface area contributed by atoms with E-state index in [1.165, 1.54) is 11.3 Å². The Labute approximate surface area is 147 Å². The molecule has 1 aromatic heterocycles.